The molecule has 0 aliphatic heterocycles. The van der Waals surface area contributed by atoms with Crippen LogP contribution in [-0.4, -0.2) is 81.5 Å². The molecule has 0 fully saturated rings. The average Bonchev–Trinajstić information content (AvgIpc) is 2.67. The molecular weight excluding hydrogens is 364 g/mol. The van der Waals surface area contributed by atoms with Crippen molar-refractivity contribution in [2.75, 3.05) is 51.1 Å². The normalized spacial score (nSPS) is 10.9. The second-order valence-corrected chi connectivity index (χ2v) is 6.51. The predicted molar refractivity (Wildman–Crippen MR) is 93.6 cm³/mol. The molecule has 0 saturated heterocycles. The van der Waals surface area contributed by atoms with Crippen LogP contribution in [0.1, 0.15) is 0 Å². The first-order valence-corrected chi connectivity index (χ1v) is 9.68. The second-order valence-electron chi connectivity index (χ2n) is 4.38. The molecule has 2 aromatic rings. The fourth-order valence-electron chi connectivity index (χ4n) is 1.53. The van der Waals surface area contributed by atoms with E-state index in [0.29, 0.717) is 50.0 Å². The Morgan fingerprint density at radius 2 is 1.04 bits per heavy atom. The van der Waals surface area contributed by atoms with E-state index >= 15 is 0 Å². The third-order valence-corrected chi connectivity index (χ3v) is 4.22. The number of hydrogen-bond donors (Lipinski definition) is 0. The van der Waals surface area contributed by atoms with Crippen molar-refractivity contribution in [1.29, 1.82) is 0 Å². The van der Waals surface area contributed by atoms with E-state index in [2.05, 4.69) is 30.4 Å². The van der Waals surface area contributed by atoms with E-state index in [1.54, 1.807) is 24.8 Å². The molecule has 25 heavy (non-hydrogen) atoms. The summed E-state index contributed by atoms with van der Waals surface area (Å²) in [6.45, 7) is 3.46. The predicted octanol–water partition coefficient (Wildman–Crippen LogP) is 0.991. The summed E-state index contributed by atoms with van der Waals surface area (Å²) in [6, 6.07) is 0. The summed E-state index contributed by atoms with van der Waals surface area (Å²) in [6.07, 6.45) is 6.35. The van der Waals surface area contributed by atoms with Gasteiger partial charge in [0.2, 0.25) is 10.3 Å². The topological polar surface area (TPSA) is 105 Å². The smallest absolute Gasteiger partial charge is 0.209 e. The van der Waals surface area contributed by atoms with Crippen LogP contribution < -0.4 is 0 Å². The molecule has 9 nitrogen and oxygen atoms in total. The highest BCUT2D eigenvalue weighted by atomic mass is 32.2. The zero-order chi connectivity index (χ0) is 17.4. The van der Waals surface area contributed by atoms with Crippen molar-refractivity contribution < 1.29 is 14.2 Å². The van der Waals surface area contributed by atoms with Crippen molar-refractivity contribution in [1.82, 2.24) is 30.4 Å². The Labute approximate surface area is 154 Å². The van der Waals surface area contributed by atoms with Crippen LogP contribution in [-0.2, 0) is 14.2 Å². The van der Waals surface area contributed by atoms with Crippen LogP contribution in [0, 0.1) is 0 Å². The Balaban J connectivity index is 1.30. The van der Waals surface area contributed by atoms with E-state index in [9.17, 15) is 0 Å². The second kappa shape index (κ2) is 13.8. The summed E-state index contributed by atoms with van der Waals surface area (Å²) >= 11 is 3.03. The quantitative estimate of drug-likeness (QED) is 0.344. The van der Waals surface area contributed by atoms with Gasteiger partial charge in [0.15, 0.2) is 0 Å². The van der Waals surface area contributed by atoms with Gasteiger partial charge >= 0.3 is 0 Å². The van der Waals surface area contributed by atoms with Crippen LogP contribution in [0.15, 0.2) is 35.1 Å². The van der Waals surface area contributed by atoms with Crippen molar-refractivity contribution in [3.63, 3.8) is 0 Å². The van der Waals surface area contributed by atoms with Crippen LogP contribution >= 0.6 is 23.5 Å². The van der Waals surface area contributed by atoms with Crippen molar-refractivity contribution in [2.24, 2.45) is 0 Å². The van der Waals surface area contributed by atoms with Crippen LogP contribution in [0.3, 0.4) is 0 Å². The Morgan fingerprint density at radius 3 is 1.44 bits per heavy atom. The lowest BCUT2D eigenvalue weighted by molar-refractivity contribution is 0.0205. The monoisotopic (exact) mass is 384 g/mol. The summed E-state index contributed by atoms with van der Waals surface area (Å²) in [5.41, 5.74) is 0. The highest BCUT2D eigenvalue weighted by Gasteiger charge is 1.98. The van der Waals surface area contributed by atoms with Gasteiger partial charge in [-0.25, -0.2) is 9.97 Å². The molecule has 0 atom stereocenters. The van der Waals surface area contributed by atoms with E-state index in [4.69, 9.17) is 14.2 Å². The number of nitrogens with zero attached hydrogens (tertiary/aromatic N) is 6. The highest BCUT2D eigenvalue weighted by molar-refractivity contribution is 7.99. The van der Waals surface area contributed by atoms with Gasteiger partial charge in [0.05, 0.1) is 64.4 Å². The first kappa shape index (κ1) is 19.9. The minimum Gasteiger partial charge on any atom is -0.378 e. The van der Waals surface area contributed by atoms with Gasteiger partial charge in [-0.15, -0.1) is 10.2 Å². The Kier molecular flexibility index (Phi) is 11.0. The molecule has 136 valence electrons. The van der Waals surface area contributed by atoms with Crippen LogP contribution in [0.25, 0.3) is 0 Å². The van der Waals surface area contributed by atoms with E-state index in [1.807, 2.05) is 0 Å². The van der Waals surface area contributed by atoms with Gasteiger partial charge in [-0.2, -0.15) is 10.2 Å². The highest BCUT2D eigenvalue weighted by Crippen LogP contribution is 2.09. The average molecular weight is 384 g/mol. The van der Waals surface area contributed by atoms with Crippen molar-refractivity contribution >= 4 is 23.5 Å². The number of ether oxygens (including phenoxy) is 3. The number of rotatable bonds is 14. The Morgan fingerprint density at radius 1 is 0.600 bits per heavy atom. The molecule has 0 unspecified atom stereocenters. The summed E-state index contributed by atoms with van der Waals surface area (Å²) < 4.78 is 16.4. The maximum atomic E-state index is 5.46. The largest absolute Gasteiger partial charge is 0.378 e. The minimum absolute atomic E-state index is 0.551. The van der Waals surface area contributed by atoms with Crippen molar-refractivity contribution in [3.8, 4) is 0 Å². The molecule has 2 rings (SSSR count). The van der Waals surface area contributed by atoms with Gasteiger partial charge in [-0.3, -0.25) is 0 Å². The molecule has 11 heteroatoms. The van der Waals surface area contributed by atoms with Gasteiger partial charge < -0.3 is 14.2 Å². The number of aromatic nitrogens is 6. The maximum Gasteiger partial charge on any atom is 0.209 e. The third-order valence-electron chi connectivity index (χ3n) is 2.58. The zero-order valence-corrected chi connectivity index (χ0v) is 15.3. The van der Waals surface area contributed by atoms with Gasteiger partial charge in [0.1, 0.15) is 0 Å². The molecule has 0 amide bonds. The third kappa shape index (κ3) is 10.2. The van der Waals surface area contributed by atoms with Crippen LogP contribution in [0.5, 0.6) is 0 Å². The first-order chi connectivity index (χ1) is 12.4. The molecule has 0 aromatic carbocycles. The molecule has 0 N–H and O–H groups in total. The number of hydrogen-bond acceptors (Lipinski definition) is 11. The molecule has 2 heterocycles. The maximum absolute atomic E-state index is 5.46. The van der Waals surface area contributed by atoms with Crippen molar-refractivity contribution in [3.05, 3.63) is 24.8 Å². The van der Waals surface area contributed by atoms with Gasteiger partial charge in [0.25, 0.3) is 0 Å². The Hall–Kier alpha value is -1.40. The Bertz CT molecular complexity index is 505. The minimum atomic E-state index is 0.551. The lowest BCUT2D eigenvalue weighted by Crippen LogP contribution is -2.11. The fourth-order valence-corrected chi connectivity index (χ4v) is 2.78. The lowest BCUT2D eigenvalue weighted by atomic mass is 10.7. The first-order valence-electron chi connectivity index (χ1n) is 7.71. The molecule has 0 bridgehead atoms. The van der Waals surface area contributed by atoms with E-state index < -0.39 is 0 Å². The fraction of sp³-hybridized carbons (Fsp3) is 0.571. The van der Waals surface area contributed by atoms with E-state index in [1.165, 1.54) is 23.5 Å². The van der Waals surface area contributed by atoms with Crippen LogP contribution in [0.4, 0.5) is 0 Å². The van der Waals surface area contributed by atoms with E-state index in [0.717, 1.165) is 11.5 Å². The molecule has 0 aliphatic rings. The van der Waals surface area contributed by atoms with Gasteiger partial charge in [-0.1, -0.05) is 23.5 Å². The molecular formula is C14H20N6O3S2. The molecule has 0 radical (unpaired) electrons. The van der Waals surface area contributed by atoms with Crippen molar-refractivity contribution in [2.45, 2.75) is 10.3 Å². The molecule has 2 aromatic heterocycles. The summed E-state index contributed by atoms with van der Waals surface area (Å²) in [5, 5.41) is 16.6. The van der Waals surface area contributed by atoms with Gasteiger partial charge in [-0.05, 0) is 0 Å². The van der Waals surface area contributed by atoms with Crippen LogP contribution in [0.2, 0.25) is 0 Å². The number of thioether (sulfide) groups is 2. The summed E-state index contributed by atoms with van der Waals surface area (Å²) in [5.74, 6) is 1.57. The molecule has 0 aliphatic carbocycles. The summed E-state index contributed by atoms with van der Waals surface area (Å²) in [4.78, 5) is 8.14. The van der Waals surface area contributed by atoms with Gasteiger partial charge in [0, 0.05) is 11.5 Å². The van der Waals surface area contributed by atoms with E-state index in [-0.39, 0.29) is 0 Å². The summed E-state index contributed by atoms with van der Waals surface area (Å²) in [7, 11) is 0. The lowest BCUT2D eigenvalue weighted by Gasteiger charge is -2.06. The molecule has 0 saturated carbocycles. The standard InChI is InChI=1S/C14H20N6O3S2/c1-3-17-19-13(15-1)24-11-9-22-7-5-21-6-8-23-10-12-25-14-16-2-4-18-20-14/h1-4H,5-12H2. The SMILES string of the molecule is c1cnc(SCCOCCOCCOCCSc2nccnn2)nn1. The molecule has 0 spiro atoms. The zero-order valence-electron chi connectivity index (χ0n) is 13.7.